The van der Waals surface area contributed by atoms with Gasteiger partial charge in [-0.3, -0.25) is 14.2 Å². The molecule has 0 saturated carbocycles. The van der Waals surface area contributed by atoms with Crippen molar-refractivity contribution in [3.63, 3.8) is 0 Å². The van der Waals surface area contributed by atoms with E-state index in [0.29, 0.717) is 47.9 Å². The molecule has 1 saturated heterocycles. The second kappa shape index (κ2) is 10.8. The van der Waals surface area contributed by atoms with Crippen LogP contribution in [0.5, 0.6) is 0 Å². The second-order valence-corrected chi connectivity index (χ2v) is 10.3. The van der Waals surface area contributed by atoms with Crippen LogP contribution in [0.3, 0.4) is 0 Å². The van der Waals surface area contributed by atoms with E-state index in [-0.39, 0.29) is 17.6 Å². The van der Waals surface area contributed by atoms with Gasteiger partial charge in [0, 0.05) is 36.8 Å². The van der Waals surface area contributed by atoms with Crippen LogP contribution in [0.2, 0.25) is 5.02 Å². The largest absolute Gasteiger partial charge is 0.459 e. The molecule has 1 aliphatic rings. The Hall–Kier alpha value is -3.56. The van der Waals surface area contributed by atoms with Crippen LogP contribution in [-0.2, 0) is 4.79 Å². The van der Waals surface area contributed by atoms with Crippen molar-refractivity contribution < 1.29 is 14.0 Å². The minimum absolute atomic E-state index is 0.00471. The monoisotopic (exact) mass is 535 g/mol. The van der Waals surface area contributed by atoms with E-state index >= 15 is 0 Å². The van der Waals surface area contributed by atoms with Gasteiger partial charge in [0.15, 0.2) is 16.7 Å². The van der Waals surface area contributed by atoms with Crippen LogP contribution >= 0.6 is 23.4 Å². The van der Waals surface area contributed by atoms with Crippen LogP contribution in [0, 0.1) is 13.8 Å². The molecule has 10 heteroatoms. The molecule has 8 nitrogen and oxygen atoms in total. The van der Waals surface area contributed by atoms with E-state index in [2.05, 4.69) is 28.4 Å². The minimum atomic E-state index is -0.151. The maximum Gasteiger partial charge on any atom is 0.289 e. The van der Waals surface area contributed by atoms with Gasteiger partial charge in [-0.2, -0.15) is 0 Å². The van der Waals surface area contributed by atoms with Crippen LogP contribution in [0.15, 0.2) is 70.4 Å². The summed E-state index contributed by atoms with van der Waals surface area (Å²) in [6, 6.07) is 17.1. The molecule has 2 amide bonds. The number of nitrogens with zero attached hydrogens (tertiary/aromatic N) is 5. The van der Waals surface area contributed by atoms with Crippen molar-refractivity contribution in [3.05, 3.63) is 82.8 Å². The molecule has 1 fully saturated rings. The van der Waals surface area contributed by atoms with E-state index in [0.717, 1.165) is 22.4 Å². The highest BCUT2D eigenvalue weighted by Gasteiger charge is 2.27. The highest BCUT2D eigenvalue weighted by molar-refractivity contribution is 7.99. The number of hydrogen-bond acceptors (Lipinski definition) is 6. The minimum Gasteiger partial charge on any atom is -0.459 e. The smallest absolute Gasteiger partial charge is 0.289 e. The molecule has 37 heavy (non-hydrogen) atoms. The van der Waals surface area contributed by atoms with Crippen LogP contribution in [0.25, 0.3) is 17.1 Å². The lowest BCUT2D eigenvalue weighted by Crippen LogP contribution is -2.51. The second-order valence-electron chi connectivity index (χ2n) is 8.88. The summed E-state index contributed by atoms with van der Waals surface area (Å²) in [4.78, 5) is 29.1. The summed E-state index contributed by atoms with van der Waals surface area (Å²) in [5.74, 6) is 1.04. The summed E-state index contributed by atoms with van der Waals surface area (Å²) in [5, 5.41) is 10.2. The zero-order valence-electron chi connectivity index (χ0n) is 20.6. The fraction of sp³-hybridized carbons (Fsp3) is 0.259. The predicted molar refractivity (Wildman–Crippen MR) is 143 cm³/mol. The van der Waals surface area contributed by atoms with Crippen LogP contribution in [0.1, 0.15) is 21.7 Å². The molecule has 5 rings (SSSR count). The number of amides is 2. The number of aromatic nitrogens is 3. The Morgan fingerprint density at radius 2 is 1.76 bits per heavy atom. The first-order valence-corrected chi connectivity index (χ1v) is 13.3. The molecule has 0 spiro atoms. The Morgan fingerprint density at radius 1 is 0.973 bits per heavy atom. The van der Waals surface area contributed by atoms with Gasteiger partial charge in [-0.1, -0.05) is 47.6 Å². The molecule has 0 radical (unpaired) electrons. The number of piperazine rings is 1. The number of rotatable bonds is 6. The number of benzene rings is 2. The molecular formula is C27H26ClN5O3S. The lowest BCUT2D eigenvalue weighted by Gasteiger charge is -2.34. The van der Waals surface area contributed by atoms with E-state index in [1.807, 2.05) is 42.7 Å². The Labute approximate surface area is 224 Å². The maximum absolute atomic E-state index is 13.1. The van der Waals surface area contributed by atoms with E-state index in [1.165, 1.54) is 18.0 Å². The van der Waals surface area contributed by atoms with Crippen molar-refractivity contribution in [1.29, 1.82) is 0 Å². The number of carbonyl (C=O) groups is 2. The highest BCUT2D eigenvalue weighted by atomic mass is 35.5. The van der Waals surface area contributed by atoms with E-state index in [9.17, 15) is 9.59 Å². The molecular weight excluding hydrogens is 510 g/mol. The first-order chi connectivity index (χ1) is 17.9. The van der Waals surface area contributed by atoms with Gasteiger partial charge in [0.05, 0.1) is 17.7 Å². The third-order valence-electron chi connectivity index (χ3n) is 6.30. The SMILES string of the molecule is Cc1ccc(C)c(-n2c(SCC(=O)N3CCN(C(=O)c4ccco4)CC3)nnc2-c2cccc(Cl)c2)c1. The molecule has 1 aliphatic heterocycles. The fourth-order valence-electron chi connectivity index (χ4n) is 4.29. The van der Waals surface area contributed by atoms with E-state index in [4.69, 9.17) is 16.0 Å². The van der Waals surface area contributed by atoms with Crippen LogP contribution in [0.4, 0.5) is 0 Å². The molecule has 4 aromatic rings. The molecule has 3 heterocycles. The summed E-state index contributed by atoms with van der Waals surface area (Å²) in [5.41, 5.74) is 3.98. The summed E-state index contributed by atoms with van der Waals surface area (Å²) >= 11 is 7.61. The number of aryl methyl sites for hydroxylation is 2. The molecule has 0 unspecified atom stereocenters. The van der Waals surface area contributed by atoms with Gasteiger partial charge in [0.2, 0.25) is 5.91 Å². The standard InChI is InChI=1S/C27H26ClN5O3S/c1-18-8-9-19(2)22(15-18)33-25(20-5-3-6-21(28)16-20)29-30-27(33)37-17-24(34)31-10-12-32(13-11-31)26(35)23-7-4-14-36-23/h3-9,14-16H,10-13,17H2,1-2H3. The van der Waals surface area contributed by atoms with Gasteiger partial charge in [-0.15, -0.1) is 10.2 Å². The lowest BCUT2D eigenvalue weighted by atomic mass is 10.1. The topological polar surface area (TPSA) is 84.5 Å². The third-order valence-corrected chi connectivity index (χ3v) is 7.45. The fourth-order valence-corrected chi connectivity index (χ4v) is 5.33. The Kier molecular flexibility index (Phi) is 7.34. The van der Waals surface area contributed by atoms with Crippen molar-refractivity contribution in [1.82, 2.24) is 24.6 Å². The van der Waals surface area contributed by atoms with Crippen LogP contribution < -0.4 is 0 Å². The zero-order valence-corrected chi connectivity index (χ0v) is 22.1. The van der Waals surface area contributed by atoms with Crippen LogP contribution in [-0.4, -0.2) is 68.3 Å². The molecule has 2 aromatic carbocycles. The van der Waals surface area contributed by atoms with E-state index < -0.39 is 0 Å². The number of halogens is 1. The summed E-state index contributed by atoms with van der Waals surface area (Å²) in [6.07, 6.45) is 1.49. The molecule has 0 N–H and O–H groups in total. The normalized spacial score (nSPS) is 13.7. The molecule has 0 atom stereocenters. The number of thioether (sulfide) groups is 1. The summed E-state index contributed by atoms with van der Waals surface area (Å²) in [7, 11) is 0. The lowest BCUT2D eigenvalue weighted by molar-refractivity contribution is -0.129. The van der Waals surface area contributed by atoms with Gasteiger partial charge >= 0.3 is 0 Å². The molecule has 0 bridgehead atoms. The van der Waals surface area contributed by atoms with Gasteiger partial charge in [0.25, 0.3) is 5.91 Å². The van der Waals surface area contributed by atoms with Crippen molar-refractivity contribution in [3.8, 4) is 17.1 Å². The van der Waals surface area contributed by atoms with Gasteiger partial charge < -0.3 is 14.2 Å². The average Bonchev–Trinajstić information content (AvgIpc) is 3.59. The van der Waals surface area contributed by atoms with Gasteiger partial charge in [0.1, 0.15) is 0 Å². The zero-order chi connectivity index (χ0) is 25.9. The first kappa shape index (κ1) is 25.1. The number of carbonyl (C=O) groups excluding carboxylic acids is 2. The average molecular weight is 536 g/mol. The van der Waals surface area contributed by atoms with Crippen molar-refractivity contribution in [2.75, 3.05) is 31.9 Å². The van der Waals surface area contributed by atoms with E-state index in [1.54, 1.807) is 21.9 Å². The molecule has 190 valence electrons. The van der Waals surface area contributed by atoms with Crippen molar-refractivity contribution >= 4 is 35.2 Å². The quantitative estimate of drug-likeness (QED) is 0.327. The Bertz CT molecular complexity index is 1430. The molecule has 0 aliphatic carbocycles. The highest BCUT2D eigenvalue weighted by Crippen LogP contribution is 2.31. The number of furan rings is 1. The Morgan fingerprint density at radius 3 is 2.49 bits per heavy atom. The molecule has 2 aromatic heterocycles. The number of hydrogen-bond donors (Lipinski definition) is 0. The van der Waals surface area contributed by atoms with Gasteiger partial charge in [-0.05, 0) is 55.3 Å². The predicted octanol–water partition coefficient (Wildman–Crippen LogP) is 4.87. The maximum atomic E-state index is 13.1. The third kappa shape index (κ3) is 5.42. The van der Waals surface area contributed by atoms with Crippen molar-refractivity contribution in [2.24, 2.45) is 0 Å². The van der Waals surface area contributed by atoms with Gasteiger partial charge in [-0.25, -0.2) is 0 Å². The van der Waals surface area contributed by atoms with Crippen molar-refractivity contribution in [2.45, 2.75) is 19.0 Å². The summed E-state index contributed by atoms with van der Waals surface area (Å²) < 4.78 is 7.21. The summed E-state index contributed by atoms with van der Waals surface area (Å²) in [6.45, 7) is 5.96. The first-order valence-electron chi connectivity index (χ1n) is 11.9. The Balaban J connectivity index is 1.32.